The number of benzene rings is 1. The third-order valence-electron chi connectivity index (χ3n) is 5.43. The minimum Gasteiger partial charge on any atom is -0.491 e. The molecule has 31 heavy (non-hydrogen) atoms. The zero-order chi connectivity index (χ0) is 22.7. The lowest BCUT2D eigenvalue weighted by atomic mass is 10.00. The topological polar surface area (TPSA) is 78.3 Å². The normalized spacial score (nSPS) is 12.3. The highest BCUT2D eigenvalue weighted by atomic mass is 16.5. The van der Waals surface area contributed by atoms with Gasteiger partial charge in [0.15, 0.2) is 5.65 Å². The highest BCUT2D eigenvalue weighted by Gasteiger charge is 2.19. The average Bonchev–Trinajstić information content (AvgIpc) is 3.03. The summed E-state index contributed by atoms with van der Waals surface area (Å²) in [4.78, 5) is 17.4. The highest BCUT2D eigenvalue weighted by molar-refractivity contribution is 5.86. The van der Waals surface area contributed by atoms with E-state index in [2.05, 4.69) is 10.4 Å². The molecule has 0 saturated carbocycles. The monoisotopic (exact) mass is 424 g/mol. The van der Waals surface area contributed by atoms with E-state index < -0.39 is 0 Å². The molecule has 2 aromatic heterocycles. The molecule has 1 amide bonds. The summed E-state index contributed by atoms with van der Waals surface area (Å²) < 4.78 is 12.9. The van der Waals surface area contributed by atoms with Crippen LogP contribution in [0.5, 0.6) is 11.6 Å². The number of nitrogens with one attached hydrogen (secondary N) is 1. The molecule has 166 valence electrons. The summed E-state index contributed by atoms with van der Waals surface area (Å²) in [7, 11) is 3.46. The maximum atomic E-state index is 12.7. The van der Waals surface area contributed by atoms with Crippen LogP contribution >= 0.6 is 0 Å². The number of ether oxygens (including phenoxy) is 2. The van der Waals surface area contributed by atoms with Crippen molar-refractivity contribution in [2.75, 3.05) is 7.11 Å². The lowest BCUT2D eigenvalue weighted by molar-refractivity contribution is -0.121. The molecule has 3 aromatic rings. The van der Waals surface area contributed by atoms with Gasteiger partial charge in [0, 0.05) is 19.2 Å². The molecular weight excluding hydrogens is 392 g/mol. The van der Waals surface area contributed by atoms with Gasteiger partial charge in [0.1, 0.15) is 5.75 Å². The molecule has 0 aliphatic carbocycles. The quantitative estimate of drug-likeness (QED) is 0.587. The number of fused-ring (bicyclic) bond motifs is 1. The molecule has 0 spiro atoms. The third kappa shape index (κ3) is 4.98. The van der Waals surface area contributed by atoms with Gasteiger partial charge in [0.25, 0.3) is 0 Å². The fourth-order valence-electron chi connectivity index (χ4n) is 3.87. The Morgan fingerprint density at radius 1 is 1.23 bits per heavy atom. The van der Waals surface area contributed by atoms with Crippen LogP contribution in [-0.4, -0.2) is 33.9 Å². The number of amides is 1. The van der Waals surface area contributed by atoms with Crippen molar-refractivity contribution in [3.05, 3.63) is 46.6 Å². The molecule has 1 aromatic carbocycles. The number of aryl methyl sites for hydroxylation is 3. The van der Waals surface area contributed by atoms with Gasteiger partial charge in [-0.2, -0.15) is 0 Å². The molecule has 2 heterocycles. The number of hydrogen-bond donors (Lipinski definition) is 1. The van der Waals surface area contributed by atoms with Gasteiger partial charge in [-0.05, 0) is 69.9 Å². The number of methoxy groups -OCH3 is 1. The van der Waals surface area contributed by atoms with Gasteiger partial charge in [0.05, 0.1) is 24.6 Å². The Balaban J connectivity index is 1.70. The zero-order valence-electron chi connectivity index (χ0n) is 19.4. The first-order valence-corrected chi connectivity index (χ1v) is 10.6. The SMILES string of the molecule is COc1nn(C)c2nc(C)c(CCC(=O)N[C@H](C)c3cccc(OC(C)C)c3)c(C)c12. The second-order valence-electron chi connectivity index (χ2n) is 8.16. The molecule has 0 saturated heterocycles. The van der Waals surface area contributed by atoms with Gasteiger partial charge < -0.3 is 14.8 Å². The van der Waals surface area contributed by atoms with Crippen molar-refractivity contribution < 1.29 is 14.3 Å². The fraction of sp³-hybridized carbons (Fsp3) is 0.458. The van der Waals surface area contributed by atoms with E-state index in [4.69, 9.17) is 14.5 Å². The van der Waals surface area contributed by atoms with Gasteiger partial charge in [-0.25, -0.2) is 9.67 Å². The predicted molar refractivity (Wildman–Crippen MR) is 122 cm³/mol. The molecule has 7 nitrogen and oxygen atoms in total. The molecule has 0 fully saturated rings. The third-order valence-corrected chi connectivity index (χ3v) is 5.43. The van der Waals surface area contributed by atoms with Gasteiger partial charge >= 0.3 is 0 Å². The van der Waals surface area contributed by atoms with E-state index in [1.807, 2.05) is 65.9 Å². The van der Waals surface area contributed by atoms with Crippen LogP contribution in [-0.2, 0) is 18.3 Å². The van der Waals surface area contributed by atoms with Crippen molar-refractivity contribution in [2.24, 2.45) is 7.05 Å². The molecule has 1 atom stereocenters. The summed E-state index contributed by atoms with van der Waals surface area (Å²) in [5, 5.41) is 8.38. The van der Waals surface area contributed by atoms with Crippen molar-refractivity contribution in [1.82, 2.24) is 20.1 Å². The van der Waals surface area contributed by atoms with Crippen molar-refractivity contribution >= 4 is 16.9 Å². The van der Waals surface area contributed by atoms with Crippen LogP contribution in [0.25, 0.3) is 11.0 Å². The van der Waals surface area contributed by atoms with Crippen LogP contribution in [0.2, 0.25) is 0 Å². The second kappa shape index (κ2) is 9.37. The fourth-order valence-corrected chi connectivity index (χ4v) is 3.87. The minimum atomic E-state index is -0.107. The van der Waals surface area contributed by atoms with Gasteiger partial charge in [-0.1, -0.05) is 12.1 Å². The first-order valence-electron chi connectivity index (χ1n) is 10.6. The standard InChI is InChI=1S/C24H32N4O3/c1-14(2)31-19-10-8-9-18(13-19)16(4)25-21(29)12-11-20-15(3)22-23(26-17(20)5)28(6)27-24(22)30-7/h8-10,13-14,16H,11-12H2,1-7H3,(H,25,29)/t16-/m1/s1. The van der Waals surface area contributed by atoms with Crippen LogP contribution in [0.4, 0.5) is 0 Å². The van der Waals surface area contributed by atoms with E-state index in [1.54, 1.807) is 11.8 Å². The molecule has 7 heteroatoms. The van der Waals surface area contributed by atoms with Gasteiger partial charge in [0.2, 0.25) is 11.8 Å². The van der Waals surface area contributed by atoms with E-state index in [-0.39, 0.29) is 18.1 Å². The summed E-state index contributed by atoms with van der Waals surface area (Å²) in [6.07, 6.45) is 1.09. The number of aromatic nitrogens is 3. The molecule has 0 unspecified atom stereocenters. The van der Waals surface area contributed by atoms with Gasteiger partial charge in [-0.3, -0.25) is 4.79 Å². The second-order valence-corrected chi connectivity index (χ2v) is 8.16. The smallest absolute Gasteiger partial charge is 0.242 e. The Morgan fingerprint density at radius 3 is 2.65 bits per heavy atom. The number of hydrogen-bond acceptors (Lipinski definition) is 5. The molecule has 0 radical (unpaired) electrons. The minimum absolute atomic E-state index is 0.000250. The first kappa shape index (κ1) is 22.6. The number of rotatable bonds is 8. The predicted octanol–water partition coefficient (Wildman–Crippen LogP) is 4.19. The Hall–Kier alpha value is -3.09. The zero-order valence-corrected chi connectivity index (χ0v) is 19.4. The lowest BCUT2D eigenvalue weighted by Crippen LogP contribution is -2.27. The summed E-state index contributed by atoms with van der Waals surface area (Å²) in [6, 6.07) is 7.75. The molecule has 0 bridgehead atoms. The highest BCUT2D eigenvalue weighted by Crippen LogP contribution is 2.30. The number of pyridine rings is 1. The number of nitrogens with zero attached hydrogens (tertiary/aromatic N) is 3. The van der Waals surface area contributed by atoms with Crippen molar-refractivity contribution in [2.45, 2.75) is 59.6 Å². The summed E-state index contributed by atoms with van der Waals surface area (Å²) in [6.45, 7) is 9.99. The Morgan fingerprint density at radius 2 is 1.97 bits per heavy atom. The van der Waals surface area contributed by atoms with E-state index in [1.165, 1.54) is 0 Å². The molecule has 0 aliphatic rings. The summed E-state index contributed by atoms with van der Waals surface area (Å²) in [5.41, 5.74) is 4.84. The molecular formula is C24H32N4O3. The van der Waals surface area contributed by atoms with Crippen LogP contribution in [0.15, 0.2) is 24.3 Å². The van der Waals surface area contributed by atoms with Crippen molar-refractivity contribution in [3.63, 3.8) is 0 Å². The lowest BCUT2D eigenvalue weighted by Gasteiger charge is -2.17. The molecule has 0 aliphatic heterocycles. The maximum absolute atomic E-state index is 12.7. The Bertz CT molecular complexity index is 1090. The van der Waals surface area contributed by atoms with E-state index in [0.29, 0.717) is 18.7 Å². The van der Waals surface area contributed by atoms with E-state index in [9.17, 15) is 4.79 Å². The van der Waals surface area contributed by atoms with Crippen molar-refractivity contribution in [1.29, 1.82) is 0 Å². The molecule has 3 rings (SSSR count). The number of carbonyl (C=O) groups is 1. The first-order chi connectivity index (χ1) is 14.7. The van der Waals surface area contributed by atoms with Crippen LogP contribution < -0.4 is 14.8 Å². The average molecular weight is 425 g/mol. The molecule has 1 N–H and O–H groups in total. The van der Waals surface area contributed by atoms with E-state index in [0.717, 1.165) is 39.2 Å². The van der Waals surface area contributed by atoms with Gasteiger partial charge in [-0.15, -0.1) is 5.10 Å². The summed E-state index contributed by atoms with van der Waals surface area (Å²) in [5.74, 6) is 1.37. The summed E-state index contributed by atoms with van der Waals surface area (Å²) >= 11 is 0. The van der Waals surface area contributed by atoms with Crippen LogP contribution in [0.1, 0.15) is 55.6 Å². The van der Waals surface area contributed by atoms with Crippen molar-refractivity contribution in [3.8, 4) is 11.6 Å². The van der Waals surface area contributed by atoms with Crippen LogP contribution in [0.3, 0.4) is 0 Å². The Kier molecular flexibility index (Phi) is 6.83. The van der Waals surface area contributed by atoms with Crippen LogP contribution in [0, 0.1) is 13.8 Å². The van der Waals surface area contributed by atoms with E-state index >= 15 is 0 Å². The number of carbonyl (C=O) groups excluding carboxylic acids is 1. The Labute approximate surface area is 183 Å². The maximum Gasteiger partial charge on any atom is 0.242 e. The largest absolute Gasteiger partial charge is 0.491 e.